The number of nitrogens with one attached hydrogen (secondary N) is 1. The Hall–Kier alpha value is -0.380. The third-order valence-corrected chi connectivity index (χ3v) is 4.53. The van der Waals surface area contributed by atoms with Crippen LogP contribution >= 0.6 is 15.9 Å². The lowest BCUT2D eigenvalue weighted by atomic mass is 9.63. The van der Waals surface area contributed by atoms with Gasteiger partial charge in [0.1, 0.15) is 0 Å². The Labute approximate surface area is 105 Å². The highest BCUT2D eigenvalue weighted by molar-refractivity contribution is 9.10. The van der Waals surface area contributed by atoms with E-state index in [4.69, 9.17) is 4.74 Å². The van der Waals surface area contributed by atoms with Crippen molar-refractivity contribution in [3.8, 4) is 0 Å². The van der Waals surface area contributed by atoms with Gasteiger partial charge in [-0.05, 0) is 24.5 Å². The fraction of sp³-hybridized carbons (Fsp3) is 0.538. The topological polar surface area (TPSA) is 21.3 Å². The molecule has 0 unspecified atom stereocenters. The van der Waals surface area contributed by atoms with E-state index in [0.717, 1.165) is 11.1 Å². The summed E-state index contributed by atoms with van der Waals surface area (Å²) in [5.41, 5.74) is 1.86. The first kappa shape index (κ1) is 10.8. The molecule has 1 spiro atoms. The molecule has 2 fully saturated rings. The molecule has 0 aromatic heterocycles. The zero-order valence-electron chi connectivity index (χ0n) is 9.21. The highest BCUT2D eigenvalue weighted by Crippen LogP contribution is 2.45. The quantitative estimate of drug-likeness (QED) is 0.920. The zero-order valence-corrected chi connectivity index (χ0v) is 10.8. The Bertz CT molecular complexity index is 381. The lowest BCUT2D eigenvalue weighted by molar-refractivity contribution is -0.109. The minimum atomic E-state index is 0.481. The van der Waals surface area contributed by atoms with Crippen LogP contribution in [0.25, 0.3) is 0 Å². The third kappa shape index (κ3) is 1.92. The van der Waals surface area contributed by atoms with Gasteiger partial charge in [-0.25, -0.2) is 0 Å². The lowest BCUT2D eigenvalue weighted by Gasteiger charge is -2.54. The number of hydrogen-bond acceptors (Lipinski definition) is 2. The van der Waals surface area contributed by atoms with Gasteiger partial charge in [0.2, 0.25) is 0 Å². The van der Waals surface area contributed by atoms with Crippen molar-refractivity contribution < 1.29 is 4.74 Å². The molecule has 1 N–H and O–H groups in total. The van der Waals surface area contributed by atoms with Crippen LogP contribution in [0.5, 0.6) is 0 Å². The summed E-state index contributed by atoms with van der Waals surface area (Å²) in [7, 11) is 0. The van der Waals surface area contributed by atoms with Crippen molar-refractivity contribution >= 4 is 15.9 Å². The van der Waals surface area contributed by atoms with Crippen molar-refractivity contribution in [1.82, 2.24) is 5.32 Å². The summed E-state index contributed by atoms with van der Waals surface area (Å²) in [6, 6.07) is 8.27. The molecule has 86 valence electrons. The van der Waals surface area contributed by atoms with Crippen LogP contribution in [-0.2, 0) is 11.3 Å². The second-order valence-electron chi connectivity index (χ2n) is 5.04. The fourth-order valence-corrected chi connectivity index (χ4v) is 3.01. The Morgan fingerprint density at radius 3 is 2.69 bits per heavy atom. The van der Waals surface area contributed by atoms with Gasteiger partial charge in [-0.2, -0.15) is 0 Å². The molecule has 16 heavy (non-hydrogen) atoms. The Morgan fingerprint density at radius 2 is 2.06 bits per heavy atom. The molecule has 1 aliphatic heterocycles. The molecule has 1 heterocycles. The number of halogens is 1. The van der Waals surface area contributed by atoms with Crippen LogP contribution in [0.1, 0.15) is 18.4 Å². The summed E-state index contributed by atoms with van der Waals surface area (Å²) in [4.78, 5) is 0. The second kappa shape index (κ2) is 4.13. The molecule has 1 saturated heterocycles. The summed E-state index contributed by atoms with van der Waals surface area (Å²) in [5, 5.41) is 3.34. The van der Waals surface area contributed by atoms with E-state index in [2.05, 4.69) is 39.4 Å². The van der Waals surface area contributed by atoms with Crippen molar-refractivity contribution in [2.45, 2.75) is 25.6 Å². The molecule has 3 heteroatoms. The zero-order chi connectivity index (χ0) is 11.0. The maximum atomic E-state index is 5.92. The molecular formula is C13H16BrNO. The first-order valence-corrected chi connectivity index (χ1v) is 6.63. The van der Waals surface area contributed by atoms with Crippen LogP contribution in [-0.4, -0.2) is 19.2 Å². The molecule has 0 bridgehead atoms. The van der Waals surface area contributed by atoms with Gasteiger partial charge >= 0.3 is 0 Å². The number of hydrogen-bond donors (Lipinski definition) is 1. The predicted molar refractivity (Wildman–Crippen MR) is 67.3 cm³/mol. The Kier molecular flexibility index (Phi) is 2.78. The van der Waals surface area contributed by atoms with Crippen molar-refractivity contribution in [2.75, 3.05) is 13.1 Å². The van der Waals surface area contributed by atoms with E-state index < -0.39 is 0 Å². The van der Waals surface area contributed by atoms with E-state index in [1.54, 1.807) is 0 Å². The standard InChI is InChI=1S/C13H16BrNO/c14-12-4-2-1-3-10(12)7-16-11-5-13(6-11)8-15-9-13/h1-4,11,15H,5-9H2. The first-order chi connectivity index (χ1) is 7.77. The highest BCUT2D eigenvalue weighted by atomic mass is 79.9. The molecule has 1 aromatic rings. The van der Waals surface area contributed by atoms with E-state index in [-0.39, 0.29) is 0 Å². The van der Waals surface area contributed by atoms with Crippen LogP contribution in [0, 0.1) is 5.41 Å². The average Bonchev–Trinajstić information content (AvgIpc) is 2.16. The van der Waals surface area contributed by atoms with Crippen LogP contribution in [0.15, 0.2) is 28.7 Å². The second-order valence-corrected chi connectivity index (χ2v) is 5.89. The predicted octanol–water partition coefficient (Wildman–Crippen LogP) is 2.72. The van der Waals surface area contributed by atoms with E-state index in [0.29, 0.717) is 11.5 Å². The molecule has 1 aromatic carbocycles. The van der Waals surface area contributed by atoms with E-state index in [9.17, 15) is 0 Å². The van der Waals surface area contributed by atoms with Crippen LogP contribution < -0.4 is 5.32 Å². The largest absolute Gasteiger partial charge is 0.373 e. The Morgan fingerprint density at radius 1 is 1.31 bits per heavy atom. The number of ether oxygens (including phenoxy) is 1. The minimum Gasteiger partial charge on any atom is -0.373 e. The maximum Gasteiger partial charge on any atom is 0.0731 e. The van der Waals surface area contributed by atoms with Crippen LogP contribution in [0.2, 0.25) is 0 Å². The minimum absolute atomic E-state index is 0.481. The van der Waals surface area contributed by atoms with Crippen LogP contribution in [0.3, 0.4) is 0 Å². The van der Waals surface area contributed by atoms with E-state index in [1.165, 1.54) is 31.5 Å². The van der Waals surface area contributed by atoms with E-state index >= 15 is 0 Å². The molecule has 2 nitrogen and oxygen atoms in total. The number of rotatable bonds is 3. The van der Waals surface area contributed by atoms with Gasteiger partial charge in [0.25, 0.3) is 0 Å². The molecule has 3 rings (SSSR count). The van der Waals surface area contributed by atoms with Gasteiger partial charge < -0.3 is 10.1 Å². The van der Waals surface area contributed by atoms with Crippen molar-refractivity contribution in [3.05, 3.63) is 34.3 Å². The molecule has 1 saturated carbocycles. The Balaban J connectivity index is 1.49. The lowest BCUT2D eigenvalue weighted by Crippen LogP contribution is -2.62. The average molecular weight is 282 g/mol. The molecule has 1 aliphatic carbocycles. The molecule has 0 amide bonds. The van der Waals surface area contributed by atoms with Crippen molar-refractivity contribution in [2.24, 2.45) is 5.41 Å². The summed E-state index contributed by atoms with van der Waals surface area (Å²) >= 11 is 3.54. The van der Waals surface area contributed by atoms with Gasteiger partial charge in [-0.1, -0.05) is 34.1 Å². The SMILES string of the molecule is Brc1ccccc1COC1CC2(CNC2)C1. The normalized spacial score (nSPS) is 22.8. The number of benzene rings is 1. The van der Waals surface area contributed by atoms with Gasteiger partial charge in [0.15, 0.2) is 0 Å². The van der Waals surface area contributed by atoms with E-state index in [1.807, 2.05) is 6.07 Å². The third-order valence-electron chi connectivity index (χ3n) is 3.75. The smallest absolute Gasteiger partial charge is 0.0731 e. The van der Waals surface area contributed by atoms with Gasteiger partial charge in [-0.15, -0.1) is 0 Å². The molecule has 2 aliphatic rings. The fourth-order valence-electron chi connectivity index (χ4n) is 2.61. The molecule has 0 radical (unpaired) electrons. The summed E-state index contributed by atoms with van der Waals surface area (Å²) in [6.45, 7) is 3.12. The first-order valence-electron chi connectivity index (χ1n) is 5.83. The summed E-state index contributed by atoms with van der Waals surface area (Å²) < 4.78 is 7.07. The van der Waals surface area contributed by atoms with Gasteiger partial charge in [0.05, 0.1) is 12.7 Å². The summed E-state index contributed by atoms with van der Waals surface area (Å²) in [6.07, 6.45) is 2.96. The maximum absolute atomic E-state index is 5.92. The summed E-state index contributed by atoms with van der Waals surface area (Å²) in [5.74, 6) is 0. The molecular weight excluding hydrogens is 266 g/mol. The van der Waals surface area contributed by atoms with Crippen LogP contribution in [0.4, 0.5) is 0 Å². The molecule has 0 atom stereocenters. The van der Waals surface area contributed by atoms with Gasteiger partial charge in [0, 0.05) is 23.0 Å². The van der Waals surface area contributed by atoms with Gasteiger partial charge in [-0.3, -0.25) is 0 Å². The van der Waals surface area contributed by atoms with Crippen molar-refractivity contribution in [1.29, 1.82) is 0 Å². The monoisotopic (exact) mass is 281 g/mol. The highest BCUT2D eigenvalue weighted by Gasteiger charge is 2.48. The van der Waals surface area contributed by atoms with Crippen molar-refractivity contribution in [3.63, 3.8) is 0 Å².